The van der Waals surface area contributed by atoms with Crippen molar-refractivity contribution in [2.75, 3.05) is 5.75 Å². The zero-order chi connectivity index (χ0) is 19.1. The molecule has 1 amide bonds. The van der Waals surface area contributed by atoms with E-state index in [9.17, 15) is 20.0 Å². The number of nitro groups is 1. The molecule has 0 unspecified atom stereocenters. The van der Waals surface area contributed by atoms with Crippen molar-refractivity contribution in [3.05, 3.63) is 68.8 Å². The lowest BCUT2D eigenvalue weighted by Crippen LogP contribution is -2.19. The molecule has 2 aromatic rings. The van der Waals surface area contributed by atoms with Crippen LogP contribution in [0.25, 0.3) is 0 Å². The number of carbonyl (C=O) groups is 1. The first-order chi connectivity index (χ1) is 12.4. The highest BCUT2D eigenvalue weighted by molar-refractivity contribution is 7.99. The summed E-state index contributed by atoms with van der Waals surface area (Å²) in [5, 5.41) is 24.3. The standard InChI is InChI=1S/C18H19N3O4S/c1-12-6-15(7-13(2)18(12)23)10-26-11-17(22)20-19-9-14-4-3-5-16(8-14)21(24)25/h3-9,23H,10-11H2,1-2H3,(H,20,22)/b19-9+. The molecule has 0 spiro atoms. The second-order valence-corrected chi connectivity index (χ2v) is 6.70. The Bertz CT molecular complexity index is 829. The van der Waals surface area contributed by atoms with Gasteiger partial charge in [0.15, 0.2) is 0 Å². The number of phenols is 1. The Balaban J connectivity index is 1.80. The molecule has 2 rings (SSSR count). The molecule has 0 saturated carbocycles. The minimum Gasteiger partial charge on any atom is -0.507 e. The van der Waals surface area contributed by atoms with Crippen LogP contribution in [0, 0.1) is 24.0 Å². The van der Waals surface area contributed by atoms with Crippen molar-refractivity contribution < 1.29 is 14.8 Å². The fourth-order valence-electron chi connectivity index (χ4n) is 2.32. The first kappa shape index (κ1) is 19.5. The number of aryl methyl sites for hydroxylation is 2. The normalized spacial score (nSPS) is 10.8. The number of nitrogens with zero attached hydrogens (tertiary/aromatic N) is 2. The number of thioether (sulfide) groups is 1. The van der Waals surface area contributed by atoms with Gasteiger partial charge in [0.05, 0.1) is 16.9 Å². The van der Waals surface area contributed by atoms with Crippen LogP contribution in [0.4, 0.5) is 5.69 Å². The van der Waals surface area contributed by atoms with Gasteiger partial charge in [-0.1, -0.05) is 24.3 Å². The first-order valence-corrected chi connectivity index (χ1v) is 8.95. The topological polar surface area (TPSA) is 105 Å². The van der Waals surface area contributed by atoms with Gasteiger partial charge < -0.3 is 5.11 Å². The lowest BCUT2D eigenvalue weighted by atomic mass is 10.1. The molecule has 0 aliphatic heterocycles. The Morgan fingerprint density at radius 3 is 2.65 bits per heavy atom. The number of non-ortho nitro benzene ring substituents is 1. The largest absolute Gasteiger partial charge is 0.507 e. The third-order valence-electron chi connectivity index (χ3n) is 3.54. The Morgan fingerprint density at radius 1 is 1.31 bits per heavy atom. The summed E-state index contributed by atoms with van der Waals surface area (Å²) in [4.78, 5) is 22.0. The number of benzene rings is 2. The molecule has 0 aliphatic carbocycles. The van der Waals surface area contributed by atoms with Gasteiger partial charge in [-0.15, -0.1) is 11.8 Å². The maximum Gasteiger partial charge on any atom is 0.270 e. The lowest BCUT2D eigenvalue weighted by molar-refractivity contribution is -0.384. The number of amides is 1. The molecule has 0 saturated heterocycles. The number of rotatable bonds is 7. The van der Waals surface area contributed by atoms with Gasteiger partial charge in [-0.3, -0.25) is 14.9 Å². The molecule has 0 fully saturated rings. The van der Waals surface area contributed by atoms with E-state index in [1.54, 1.807) is 12.1 Å². The predicted molar refractivity (Wildman–Crippen MR) is 103 cm³/mol. The lowest BCUT2D eigenvalue weighted by Gasteiger charge is -2.07. The van der Waals surface area contributed by atoms with Crippen LogP contribution in [0.1, 0.15) is 22.3 Å². The second-order valence-electron chi connectivity index (χ2n) is 5.72. The highest BCUT2D eigenvalue weighted by Crippen LogP contribution is 2.25. The molecular formula is C18H19N3O4S. The number of hydrogen-bond donors (Lipinski definition) is 2. The smallest absolute Gasteiger partial charge is 0.270 e. The van der Waals surface area contributed by atoms with Crippen molar-refractivity contribution in [1.29, 1.82) is 0 Å². The fraction of sp³-hybridized carbons (Fsp3) is 0.222. The van der Waals surface area contributed by atoms with Gasteiger partial charge in [0.1, 0.15) is 5.75 Å². The van der Waals surface area contributed by atoms with Crippen LogP contribution in [0.2, 0.25) is 0 Å². The van der Waals surface area contributed by atoms with Crippen molar-refractivity contribution in [3.8, 4) is 5.75 Å². The van der Waals surface area contributed by atoms with Crippen molar-refractivity contribution in [1.82, 2.24) is 5.43 Å². The number of nitro benzene ring substituents is 1. The van der Waals surface area contributed by atoms with Crippen LogP contribution >= 0.6 is 11.8 Å². The Hall–Kier alpha value is -2.87. The molecule has 26 heavy (non-hydrogen) atoms. The number of hydrogen-bond acceptors (Lipinski definition) is 6. The third-order valence-corrected chi connectivity index (χ3v) is 4.54. The molecule has 2 aromatic carbocycles. The summed E-state index contributed by atoms with van der Waals surface area (Å²) in [6.07, 6.45) is 1.36. The maximum atomic E-state index is 11.8. The molecule has 0 aliphatic rings. The average Bonchev–Trinajstić information content (AvgIpc) is 2.60. The van der Waals surface area contributed by atoms with Gasteiger partial charge in [-0.25, -0.2) is 5.43 Å². The van der Waals surface area contributed by atoms with E-state index in [2.05, 4.69) is 10.5 Å². The van der Waals surface area contributed by atoms with Gasteiger partial charge >= 0.3 is 0 Å². The summed E-state index contributed by atoms with van der Waals surface area (Å²) in [5.74, 6) is 0.908. The van der Waals surface area contributed by atoms with E-state index in [-0.39, 0.29) is 17.3 Å². The minimum absolute atomic E-state index is 0.0321. The number of hydrazone groups is 1. The van der Waals surface area contributed by atoms with Gasteiger partial charge in [-0.05, 0) is 30.5 Å². The number of phenolic OH excluding ortho intramolecular Hbond substituents is 1. The SMILES string of the molecule is Cc1cc(CSCC(=O)N/N=C/c2cccc([N+](=O)[O-])c2)cc(C)c1O. The van der Waals surface area contributed by atoms with E-state index >= 15 is 0 Å². The maximum absolute atomic E-state index is 11.8. The first-order valence-electron chi connectivity index (χ1n) is 7.80. The zero-order valence-corrected chi connectivity index (χ0v) is 15.2. The van der Waals surface area contributed by atoms with Crippen LogP contribution in [0.5, 0.6) is 5.75 Å². The summed E-state index contributed by atoms with van der Waals surface area (Å²) in [6.45, 7) is 3.68. The van der Waals surface area contributed by atoms with E-state index in [1.165, 1.54) is 30.1 Å². The van der Waals surface area contributed by atoms with Crippen molar-refractivity contribution in [2.45, 2.75) is 19.6 Å². The molecule has 2 N–H and O–H groups in total. The quantitative estimate of drug-likeness (QED) is 0.440. The van der Waals surface area contributed by atoms with Gasteiger partial charge in [-0.2, -0.15) is 5.10 Å². The highest BCUT2D eigenvalue weighted by atomic mass is 32.2. The number of aromatic hydroxyl groups is 1. The molecule has 0 bridgehead atoms. The van der Waals surface area contributed by atoms with Crippen molar-refractivity contribution >= 4 is 29.6 Å². The summed E-state index contributed by atoms with van der Waals surface area (Å²) in [5.41, 5.74) is 5.56. The third kappa shape index (κ3) is 5.59. The van der Waals surface area contributed by atoms with E-state index in [0.29, 0.717) is 17.1 Å². The molecule has 0 aromatic heterocycles. The molecule has 0 radical (unpaired) electrons. The summed E-state index contributed by atoms with van der Waals surface area (Å²) in [7, 11) is 0. The van der Waals surface area contributed by atoms with E-state index in [0.717, 1.165) is 16.7 Å². The van der Waals surface area contributed by atoms with Gasteiger partial charge in [0, 0.05) is 23.4 Å². The average molecular weight is 373 g/mol. The van der Waals surface area contributed by atoms with Crippen molar-refractivity contribution in [3.63, 3.8) is 0 Å². The zero-order valence-electron chi connectivity index (χ0n) is 14.4. The molecular weight excluding hydrogens is 354 g/mol. The molecule has 8 heteroatoms. The Kier molecular flexibility index (Phi) is 6.74. The van der Waals surface area contributed by atoms with E-state index in [1.807, 2.05) is 26.0 Å². The molecule has 0 heterocycles. The van der Waals surface area contributed by atoms with E-state index in [4.69, 9.17) is 0 Å². The predicted octanol–water partition coefficient (Wildman–Crippen LogP) is 3.30. The molecule has 0 atom stereocenters. The summed E-state index contributed by atoms with van der Waals surface area (Å²) in [6, 6.07) is 9.77. The van der Waals surface area contributed by atoms with Crippen LogP contribution < -0.4 is 5.43 Å². The monoisotopic (exact) mass is 373 g/mol. The number of carbonyl (C=O) groups excluding carboxylic acids is 1. The molecule has 136 valence electrons. The second kappa shape index (κ2) is 9.00. The van der Waals surface area contributed by atoms with Crippen LogP contribution in [-0.4, -0.2) is 27.9 Å². The summed E-state index contributed by atoms with van der Waals surface area (Å²) < 4.78 is 0. The number of nitrogens with one attached hydrogen (secondary N) is 1. The molecule has 7 nitrogen and oxygen atoms in total. The Labute approximate surface area is 155 Å². The van der Waals surface area contributed by atoms with Crippen LogP contribution in [0.3, 0.4) is 0 Å². The highest BCUT2D eigenvalue weighted by Gasteiger charge is 2.06. The van der Waals surface area contributed by atoms with Gasteiger partial charge in [0.25, 0.3) is 5.69 Å². The van der Waals surface area contributed by atoms with Crippen LogP contribution in [-0.2, 0) is 10.5 Å². The van der Waals surface area contributed by atoms with E-state index < -0.39 is 4.92 Å². The van der Waals surface area contributed by atoms with Crippen LogP contribution in [0.15, 0.2) is 41.5 Å². The minimum atomic E-state index is -0.487. The Morgan fingerprint density at radius 2 is 2.00 bits per heavy atom. The van der Waals surface area contributed by atoms with Crippen molar-refractivity contribution in [2.24, 2.45) is 5.10 Å². The van der Waals surface area contributed by atoms with Gasteiger partial charge in [0.2, 0.25) is 5.91 Å². The summed E-state index contributed by atoms with van der Waals surface area (Å²) >= 11 is 1.43. The fourth-order valence-corrected chi connectivity index (χ4v) is 3.07.